The van der Waals surface area contributed by atoms with E-state index < -0.39 is 23.4 Å². The number of anilines is 1. The van der Waals surface area contributed by atoms with Gasteiger partial charge in [0.05, 0.1) is 12.3 Å². The van der Waals surface area contributed by atoms with Crippen molar-refractivity contribution in [1.82, 2.24) is 0 Å². The summed E-state index contributed by atoms with van der Waals surface area (Å²) in [5.41, 5.74) is -0.436. The van der Waals surface area contributed by atoms with Gasteiger partial charge in [-0.15, -0.1) is 0 Å². The van der Waals surface area contributed by atoms with Gasteiger partial charge < -0.3 is 9.84 Å². The Hall–Kier alpha value is -1.85. The first-order valence-corrected chi connectivity index (χ1v) is 4.66. The summed E-state index contributed by atoms with van der Waals surface area (Å²) >= 11 is 0. The molecule has 0 aliphatic heterocycles. The Bertz CT molecular complexity index is 396. The van der Waals surface area contributed by atoms with Gasteiger partial charge >= 0.3 is 6.09 Å². The molecule has 0 atom stereocenters. The highest BCUT2D eigenvalue weighted by molar-refractivity contribution is 5.83. The predicted octanol–water partition coefficient (Wildman–Crippen LogP) is 2.84. The molecule has 0 aliphatic carbocycles. The fourth-order valence-electron chi connectivity index (χ4n) is 1.06. The van der Waals surface area contributed by atoms with Gasteiger partial charge in [0.2, 0.25) is 0 Å². The van der Waals surface area contributed by atoms with E-state index in [1.807, 2.05) is 6.92 Å². The molecule has 16 heavy (non-hydrogen) atoms. The molecule has 1 aromatic rings. The van der Waals surface area contributed by atoms with E-state index in [-0.39, 0.29) is 12.4 Å². The van der Waals surface area contributed by atoms with Crippen LogP contribution in [0.2, 0.25) is 0 Å². The minimum absolute atomic E-state index is 0.227. The molecule has 6 heteroatoms. The standard InChI is InChI=1S/C10H11F2NO3/c1-2-3-16-9-5-6(11)8(4-7(9)12)13-10(14)15/h4-5,13H,2-3H2,1H3,(H,14,15). The topological polar surface area (TPSA) is 58.6 Å². The second-order valence-corrected chi connectivity index (χ2v) is 3.04. The summed E-state index contributed by atoms with van der Waals surface area (Å²) in [4.78, 5) is 10.3. The van der Waals surface area contributed by atoms with E-state index in [9.17, 15) is 13.6 Å². The average molecular weight is 231 g/mol. The number of benzene rings is 1. The summed E-state index contributed by atoms with van der Waals surface area (Å²) in [7, 11) is 0. The van der Waals surface area contributed by atoms with E-state index in [1.165, 1.54) is 0 Å². The molecule has 0 unspecified atom stereocenters. The SMILES string of the molecule is CCCOc1cc(F)c(NC(=O)O)cc1F. The second-order valence-electron chi connectivity index (χ2n) is 3.04. The molecule has 0 aliphatic rings. The number of amides is 1. The highest BCUT2D eigenvalue weighted by Crippen LogP contribution is 2.25. The quantitative estimate of drug-likeness (QED) is 0.837. The van der Waals surface area contributed by atoms with Crippen LogP contribution in [-0.2, 0) is 0 Å². The number of hydrogen-bond donors (Lipinski definition) is 2. The van der Waals surface area contributed by atoms with Crippen molar-refractivity contribution in [3.05, 3.63) is 23.8 Å². The molecule has 0 bridgehead atoms. The van der Waals surface area contributed by atoms with Crippen LogP contribution in [0.15, 0.2) is 12.1 Å². The second kappa shape index (κ2) is 5.29. The number of ether oxygens (including phenoxy) is 1. The molecule has 0 saturated carbocycles. The van der Waals surface area contributed by atoms with Gasteiger partial charge in [0.25, 0.3) is 0 Å². The summed E-state index contributed by atoms with van der Waals surface area (Å²) in [6.07, 6.45) is -0.795. The molecule has 1 amide bonds. The molecule has 1 rings (SSSR count). The third-order valence-electron chi connectivity index (χ3n) is 1.72. The monoisotopic (exact) mass is 231 g/mol. The van der Waals surface area contributed by atoms with Crippen LogP contribution < -0.4 is 10.1 Å². The molecule has 0 saturated heterocycles. The molecule has 0 radical (unpaired) electrons. The molecule has 0 aromatic heterocycles. The molecule has 88 valence electrons. The largest absolute Gasteiger partial charge is 0.490 e. The lowest BCUT2D eigenvalue weighted by Gasteiger charge is -2.08. The maximum absolute atomic E-state index is 13.3. The minimum atomic E-state index is -1.46. The van der Waals surface area contributed by atoms with Crippen LogP contribution >= 0.6 is 0 Å². The highest BCUT2D eigenvalue weighted by Gasteiger charge is 2.12. The fourth-order valence-corrected chi connectivity index (χ4v) is 1.06. The summed E-state index contributed by atoms with van der Waals surface area (Å²) < 4.78 is 31.5. The van der Waals surface area contributed by atoms with E-state index in [2.05, 4.69) is 0 Å². The van der Waals surface area contributed by atoms with Gasteiger partial charge in [-0.2, -0.15) is 0 Å². The van der Waals surface area contributed by atoms with Gasteiger partial charge in [0.15, 0.2) is 17.4 Å². The van der Waals surface area contributed by atoms with Crippen molar-refractivity contribution in [2.75, 3.05) is 11.9 Å². The fraction of sp³-hybridized carbons (Fsp3) is 0.300. The van der Waals surface area contributed by atoms with Crippen LogP contribution in [0.5, 0.6) is 5.75 Å². The molecule has 4 nitrogen and oxygen atoms in total. The van der Waals surface area contributed by atoms with Crippen molar-refractivity contribution in [2.45, 2.75) is 13.3 Å². The van der Waals surface area contributed by atoms with Crippen molar-refractivity contribution in [3.63, 3.8) is 0 Å². The average Bonchev–Trinajstić information content (AvgIpc) is 2.20. The number of nitrogens with one attached hydrogen (secondary N) is 1. The maximum atomic E-state index is 13.3. The first-order valence-electron chi connectivity index (χ1n) is 4.66. The zero-order valence-electron chi connectivity index (χ0n) is 8.59. The number of carboxylic acid groups (broad SMARTS) is 1. The first-order chi connectivity index (χ1) is 7.54. The number of rotatable bonds is 4. The van der Waals surface area contributed by atoms with Gasteiger partial charge in [0.1, 0.15) is 0 Å². The predicted molar refractivity (Wildman–Crippen MR) is 53.8 cm³/mol. The molecule has 0 heterocycles. The lowest BCUT2D eigenvalue weighted by atomic mass is 10.2. The highest BCUT2D eigenvalue weighted by atomic mass is 19.1. The van der Waals surface area contributed by atoms with Crippen LogP contribution in [-0.4, -0.2) is 17.8 Å². The lowest BCUT2D eigenvalue weighted by molar-refractivity contribution is 0.209. The maximum Gasteiger partial charge on any atom is 0.409 e. The van der Waals surface area contributed by atoms with Crippen LogP contribution in [0, 0.1) is 11.6 Å². The van der Waals surface area contributed by atoms with Gasteiger partial charge in [0, 0.05) is 12.1 Å². The summed E-state index contributed by atoms with van der Waals surface area (Å²) in [5.74, 6) is -1.91. The van der Waals surface area contributed by atoms with E-state index in [0.717, 1.165) is 12.1 Å². The van der Waals surface area contributed by atoms with E-state index in [4.69, 9.17) is 9.84 Å². The normalized spacial score (nSPS) is 9.94. The Balaban J connectivity index is 2.92. The van der Waals surface area contributed by atoms with Gasteiger partial charge in [-0.25, -0.2) is 13.6 Å². The van der Waals surface area contributed by atoms with Crippen molar-refractivity contribution >= 4 is 11.8 Å². The Morgan fingerprint density at radius 3 is 2.69 bits per heavy atom. The Morgan fingerprint density at radius 1 is 1.44 bits per heavy atom. The zero-order valence-corrected chi connectivity index (χ0v) is 8.59. The molecular formula is C10H11F2NO3. The Kier molecular flexibility index (Phi) is 4.04. The van der Waals surface area contributed by atoms with E-state index in [1.54, 1.807) is 5.32 Å². The molecular weight excluding hydrogens is 220 g/mol. The minimum Gasteiger partial charge on any atom is -0.490 e. The number of hydrogen-bond acceptors (Lipinski definition) is 2. The Morgan fingerprint density at radius 2 is 2.12 bits per heavy atom. The Labute approximate surface area is 90.8 Å². The zero-order chi connectivity index (χ0) is 12.1. The van der Waals surface area contributed by atoms with Gasteiger partial charge in [-0.05, 0) is 6.42 Å². The smallest absolute Gasteiger partial charge is 0.409 e. The summed E-state index contributed by atoms with van der Waals surface area (Å²) in [6.45, 7) is 2.09. The van der Waals surface area contributed by atoms with Crippen LogP contribution in [0.1, 0.15) is 13.3 Å². The van der Waals surface area contributed by atoms with Gasteiger partial charge in [-0.3, -0.25) is 5.32 Å². The van der Waals surface area contributed by atoms with Crippen molar-refractivity contribution in [1.29, 1.82) is 0 Å². The molecule has 2 N–H and O–H groups in total. The summed E-state index contributed by atoms with van der Waals surface area (Å²) in [6, 6.07) is 1.56. The lowest BCUT2D eigenvalue weighted by Crippen LogP contribution is -2.09. The first kappa shape index (κ1) is 12.2. The van der Waals surface area contributed by atoms with Crippen LogP contribution in [0.25, 0.3) is 0 Å². The van der Waals surface area contributed by atoms with Crippen LogP contribution in [0.3, 0.4) is 0 Å². The van der Waals surface area contributed by atoms with Crippen molar-refractivity contribution < 1.29 is 23.4 Å². The summed E-state index contributed by atoms with van der Waals surface area (Å²) in [5, 5.41) is 10.1. The number of carbonyl (C=O) groups is 1. The van der Waals surface area contributed by atoms with E-state index >= 15 is 0 Å². The number of halogens is 2. The van der Waals surface area contributed by atoms with Crippen molar-refractivity contribution in [2.24, 2.45) is 0 Å². The third kappa shape index (κ3) is 3.08. The van der Waals surface area contributed by atoms with Gasteiger partial charge in [-0.1, -0.05) is 6.92 Å². The van der Waals surface area contributed by atoms with Crippen molar-refractivity contribution in [3.8, 4) is 5.75 Å². The molecule has 0 spiro atoms. The molecule has 1 aromatic carbocycles. The van der Waals surface area contributed by atoms with E-state index in [0.29, 0.717) is 6.42 Å². The van der Waals surface area contributed by atoms with Crippen LogP contribution in [0.4, 0.5) is 19.3 Å². The molecule has 0 fully saturated rings. The third-order valence-corrected chi connectivity index (χ3v) is 1.72.